The second kappa shape index (κ2) is 6.31. The van der Waals surface area contributed by atoms with Crippen LogP contribution < -0.4 is 15.0 Å². The van der Waals surface area contributed by atoms with Crippen molar-refractivity contribution >= 4 is 5.82 Å². The SMILES string of the molecule is Cc1cccc(N)[n+]1Cc1ccc(Oc2ccccc2)cc1. The molecule has 0 fully saturated rings. The predicted molar refractivity (Wildman–Crippen MR) is 87.8 cm³/mol. The number of anilines is 1. The molecule has 2 N–H and O–H groups in total. The first-order valence-corrected chi connectivity index (χ1v) is 7.29. The van der Waals surface area contributed by atoms with Gasteiger partial charge in [-0.2, -0.15) is 0 Å². The van der Waals surface area contributed by atoms with Crippen molar-refractivity contribution in [2.45, 2.75) is 13.5 Å². The van der Waals surface area contributed by atoms with Crippen LogP contribution in [0.15, 0.2) is 72.8 Å². The first-order valence-electron chi connectivity index (χ1n) is 7.29. The van der Waals surface area contributed by atoms with E-state index in [4.69, 9.17) is 10.5 Å². The molecule has 0 bridgehead atoms. The van der Waals surface area contributed by atoms with Crippen LogP contribution >= 0.6 is 0 Å². The molecule has 0 aliphatic carbocycles. The highest BCUT2D eigenvalue weighted by Crippen LogP contribution is 2.21. The molecule has 1 aromatic heterocycles. The van der Waals surface area contributed by atoms with E-state index in [1.54, 1.807) is 0 Å². The van der Waals surface area contributed by atoms with E-state index >= 15 is 0 Å². The molecule has 0 saturated carbocycles. The van der Waals surface area contributed by atoms with Crippen LogP contribution in [0.5, 0.6) is 11.5 Å². The molecule has 0 atom stereocenters. The summed E-state index contributed by atoms with van der Waals surface area (Å²) < 4.78 is 7.89. The molecule has 0 radical (unpaired) electrons. The van der Waals surface area contributed by atoms with E-state index in [0.29, 0.717) is 0 Å². The number of benzene rings is 2. The average molecular weight is 291 g/mol. The van der Waals surface area contributed by atoms with E-state index < -0.39 is 0 Å². The van der Waals surface area contributed by atoms with Crippen LogP contribution in [0, 0.1) is 6.92 Å². The monoisotopic (exact) mass is 291 g/mol. The third kappa shape index (κ3) is 3.26. The van der Waals surface area contributed by atoms with Gasteiger partial charge in [-0.05, 0) is 42.8 Å². The number of hydrogen-bond donors (Lipinski definition) is 1. The topological polar surface area (TPSA) is 39.1 Å². The fourth-order valence-electron chi connectivity index (χ4n) is 2.36. The summed E-state index contributed by atoms with van der Waals surface area (Å²) in [5, 5.41) is 0. The third-order valence-corrected chi connectivity index (χ3v) is 3.58. The second-order valence-corrected chi connectivity index (χ2v) is 5.24. The maximum absolute atomic E-state index is 6.04. The van der Waals surface area contributed by atoms with Gasteiger partial charge in [0.15, 0.2) is 0 Å². The van der Waals surface area contributed by atoms with Gasteiger partial charge in [0.2, 0.25) is 0 Å². The summed E-state index contributed by atoms with van der Waals surface area (Å²) in [6, 6.07) is 23.8. The number of nitrogens with two attached hydrogens (primary N) is 1. The molecule has 3 heteroatoms. The van der Waals surface area contributed by atoms with Crippen LogP contribution in [0.2, 0.25) is 0 Å². The van der Waals surface area contributed by atoms with Crippen molar-refractivity contribution in [2.75, 3.05) is 5.73 Å². The molecule has 110 valence electrons. The van der Waals surface area contributed by atoms with E-state index in [0.717, 1.165) is 29.6 Å². The van der Waals surface area contributed by atoms with Gasteiger partial charge < -0.3 is 4.74 Å². The van der Waals surface area contributed by atoms with Gasteiger partial charge in [-0.15, -0.1) is 0 Å². The Morgan fingerprint density at radius 2 is 1.50 bits per heavy atom. The summed E-state index contributed by atoms with van der Waals surface area (Å²) in [5.41, 5.74) is 8.37. The highest BCUT2D eigenvalue weighted by atomic mass is 16.5. The van der Waals surface area contributed by atoms with E-state index in [1.165, 1.54) is 5.56 Å². The summed E-state index contributed by atoms with van der Waals surface area (Å²) in [6.07, 6.45) is 0. The number of nitrogens with zero attached hydrogens (tertiary/aromatic N) is 1. The molecule has 3 rings (SSSR count). The maximum Gasteiger partial charge on any atom is 0.272 e. The van der Waals surface area contributed by atoms with Crippen molar-refractivity contribution in [2.24, 2.45) is 0 Å². The zero-order chi connectivity index (χ0) is 15.4. The summed E-state index contributed by atoms with van der Waals surface area (Å²) >= 11 is 0. The highest BCUT2D eigenvalue weighted by Gasteiger charge is 2.08. The standard InChI is InChI=1S/C19H18N2O/c1-15-6-5-9-19(20)21(15)14-16-10-12-18(13-11-16)22-17-7-3-2-4-8-17/h2-13,20H,14H2,1H3/p+1. The van der Waals surface area contributed by atoms with Crippen molar-refractivity contribution < 1.29 is 9.30 Å². The van der Waals surface area contributed by atoms with E-state index in [1.807, 2.05) is 54.6 Å². The smallest absolute Gasteiger partial charge is 0.272 e. The van der Waals surface area contributed by atoms with Crippen molar-refractivity contribution in [1.29, 1.82) is 0 Å². The van der Waals surface area contributed by atoms with Gasteiger partial charge in [-0.25, -0.2) is 4.57 Å². The highest BCUT2D eigenvalue weighted by molar-refractivity contribution is 5.33. The van der Waals surface area contributed by atoms with Crippen molar-refractivity contribution in [3.8, 4) is 11.5 Å². The van der Waals surface area contributed by atoms with Crippen LogP contribution in [0.3, 0.4) is 0 Å². The molecule has 0 aliphatic heterocycles. The summed E-state index contributed by atoms with van der Waals surface area (Å²) in [6.45, 7) is 2.81. The Morgan fingerprint density at radius 3 is 2.18 bits per heavy atom. The number of rotatable bonds is 4. The van der Waals surface area contributed by atoms with Gasteiger partial charge in [-0.1, -0.05) is 36.4 Å². The zero-order valence-corrected chi connectivity index (χ0v) is 12.6. The molecule has 3 aromatic rings. The second-order valence-electron chi connectivity index (χ2n) is 5.24. The number of hydrogen-bond acceptors (Lipinski definition) is 2. The fraction of sp³-hybridized carbons (Fsp3) is 0.105. The zero-order valence-electron chi connectivity index (χ0n) is 12.6. The summed E-state index contributed by atoms with van der Waals surface area (Å²) in [7, 11) is 0. The number of aryl methyl sites for hydroxylation is 1. The fourth-order valence-corrected chi connectivity index (χ4v) is 2.36. The summed E-state index contributed by atoms with van der Waals surface area (Å²) in [5.74, 6) is 2.44. The Bertz CT molecular complexity index is 732. The summed E-state index contributed by atoms with van der Waals surface area (Å²) in [4.78, 5) is 0. The number of pyridine rings is 1. The van der Waals surface area contributed by atoms with Gasteiger partial charge in [0, 0.05) is 6.07 Å². The molecule has 0 saturated heterocycles. The first kappa shape index (κ1) is 14.1. The van der Waals surface area contributed by atoms with Crippen molar-refractivity contribution in [3.63, 3.8) is 0 Å². The number of aromatic nitrogens is 1. The van der Waals surface area contributed by atoms with Gasteiger partial charge in [0.05, 0.1) is 0 Å². The average Bonchev–Trinajstić information content (AvgIpc) is 2.54. The molecular weight excluding hydrogens is 272 g/mol. The molecule has 0 amide bonds. The number of para-hydroxylation sites is 1. The molecule has 3 nitrogen and oxygen atoms in total. The van der Waals surface area contributed by atoms with Gasteiger partial charge in [-0.3, -0.25) is 5.73 Å². The van der Waals surface area contributed by atoms with Crippen LogP contribution in [0.1, 0.15) is 11.3 Å². The Hall–Kier alpha value is -2.81. The minimum atomic E-state index is 0.754. The largest absolute Gasteiger partial charge is 0.457 e. The lowest BCUT2D eigenvalue weighted by atomic mass is 10.2. The van der Waals surface area contributed by atoms with Crippen LogP contribution in [0.25, 0.3) is 0 Å². The Morgan fingerprint density at radius 1 is 0.818 bits per heavy atom. The number of ether oxygens (including phenoxy) is 1. The Kier molecular flexibility index (Phi) is 4.05. The molecule has 0 spiro atoms. The van der Waals surface area contributed by atoms with Gasteiger partial charge >= 0.3 is 0 Å². The minimum absolute atomic E-state index is 0.754. The minimum Gasteiger partial charge on any atom is -0.457 e. The first-order chi connectivity index (χ1) is 10.7. The molecule has 0 aliphatic rings. The van der Waals surface area contributed by atoms with E-state index in [2.05, 4.69) is 29.7 Å². The van der Waals surface area contributed by atoms with Crippen LogP contribution in [-0.2, 0) is 6.54 Å². The van der Waals surface area contributed by atoms with Crippen LogP contribution in [0.4, 0.5) is 5.82 Å². The third-order valence-electron chi connectivity index (χ3n) is 3.58. The van der Waals surface area contributed by atoms with E-state index in [-0.39, 0.29) is 0 Å². The molecule has 1 heterocycles. The lowest BCUT2D eigenvalue weighted by Gasteiger charge is -2.08. The Balaban J connectivity index is 1.74. The molecular formula is C19H19N2O+. The van der Waals surface area contributed by atoms with Gasteiger partial charge in [0.1, 0.15) is 23.7 Å². The quantitative estimate of drug-likeness (QED) is 0.744. The molecule has 0 unspecified atom stereocenters. The predicted octanol–water partition coefficient (Wildman–Crippen LogP) is 3.71. The van der Waals surface area contributed by atoms with Gasteiger partial charge in [0.25, 0.3) is 5.82 Å². The van der Waals surface area contributed by atoms with Crippen LogP contribution in [-0.4, -0.2) is 0 Å². The van der Waals surface area contributed by atoms with Crippen molar-refractivity contribution in [1.82, 2.24) is 0 Å². The molecule has 2 aromatic carbocycles. The lowest BCUT2D eigenvalue weighted by molar-refractivity contribution is -0.680. The van der Waals surface area contributed by atoms with E-state index in [9.17, 15) is 0 Å². The number of nitrogen functional groups attached to an aromatic ring is 1. The Labute approximate surface area is 130 Å². The maximum atomic E-state index is 6.04. The lowest BCUT2D eigenvalue weighted by Crippen LogP contribution is -2.40. The van der Waals surface area contributed by atoms with Crippen molar-refractivity contribution in [3.05, 3.63) is 84.1 Å². The molecule has 22 heavy (non-hydrogen) atoms. The normalized spacial score (nSPS) is 10.4.